The molecule has 0 bridgehead atoms. The lowest BCUT2D eigenvalue weighted by Crippen LogP contribution is -2.35. The first kappa shape index (κ1) is 34.1. The van der Waals surface area contributed by atoms with E-state index in [-0.39, 0.29) is 24.1 Å². The Bertz CT molecular complexity index is 2130. The molecular formula is C37H36Cl2N6O5. The highest BCUT2D eigenvalue weighted by Crippen LogP contribution is 2.42. The largest absolute Gasteiger partial charge is 0.481 e. The highest BCUT2D eigenvalue weighted by molar-refractivity contribution is 6.39. The highest BCUT2D eigenvalue weighted by atomic mass is 35.5. The summed E-state index contributed by atoms with van der Waals surface area (Å²) in [5.41, 5.74) is 5.98. The number of benzene rings is 2. The van der Waals surface area contributed by atoms with Crippen molar-refractivity contribution in [3.63, 3.8) is 0 Å². The molecule has 5 heterocycles. The molecule has 0 saturated carbocycles. The number of aromatic nitrogens is 3. The monoisotopic (exact) mass is 714 g/mol. The van der Waals surface area contributed by atoms with E-state index in [1.807, 2.05) is 65.6 Å². The van der Waals surface area contributed by atoms with Gasteiger partial charge >= 0.3 is 0 Å². The zero-order valence-electron chi connectivity index (χ0n) is 27.3. The van der Waals surface area contributed by atoms with Crippen LogP contribution < -0.4 is 20.9 Å². The molecule has 0 aliphatic carbocycles. The molecule has 2 saturated heterocycles. The van der Waals surface area contributed by atoms with Gasteiger partial charge < -0.3 is 25.6 Å². The lowest BCUT2D eigenvalue weighted by atomic mass is 9.97. The lowest BCUT2D eigenvalue weighted by molar-refractivity contribution is -0.119. The molecule has 11 nitrogen and oxygen atoms in total. The molecule has 1 amide bonds. The number of nitrogens with zero attached hydrogens (tertiary/aromatic N) is 4. The molecular weight excluding hydrogens is 679 g/mol. The number of amides is 1. The normalized spacial score (nSPS) is 19.3. The molecule has 7 rings (SSSR count). The summed E-state index contributed by atoms with van der Waals surface area (Å²) < 4.78 is 7.12. The Morgan fingerprint density at radius 2 is 1.64 bits per heavy atom. The van der Waals surface area contributed by atoms with Gasteiger partial charge in [-0.3, -0.25) is 18.9 Å². The van der Waals surface area contributed by atoms with Crippen LogP contribution in [0.1, 0.15) is 24.0 Å². The zero-order chi connectivity index (χ0) is 34.9. The average Bonchev–Trinajstić information content (AvgIpc) is 3.68. The molecule has 2 aliphatic rings. The topological polar surface area (TPSA) is 141 Å². The van der Waals surface area contributed by atoms with Gasteiger partial charge in [-0.15, -0.1) is 0 Å². The Morgan fingerprint density at radius 1 is 0.940 bits per heavy atom. The standard InChI is InChI=1S/C37H36Cl2N6O5/c1-50-36-22(15-40-17-24-9-11-33(48)42-24)8-10-29(43-36)28-7-3-6-27(35(28)39)26-5-2-4-25(34(26)38)21-12-13-45-32(14-21)41-16-23(37(45)49)18-44-19-30(46)31(47)20-44/h2-8,10,12-14,16,24,30-31,40,46-47H,9,11,15,17-20H2,1H3,(H,42,48)/t24-,30-,31-/m0/s1. The number of nitrogens with one attached hydrogen (secondary N) is 2. The average molecular weight is 716 g/mol. The fourth-order valence-corrected chi connectivity index (χ4v) is 7.31. The Kier molecular flexibility index (Phi) is 9.87. The first-order chi connectivity index (χ1) is 24.2. The van der Waals surface area contributed by atoms with Crippen LogP contribution in [0.2, 0.25) is 10.0 Å². The molecule has 50 heavy (non-hydrogen) atoms. The third-order valence-electron chi connectivity index (χ3n) is 9.31. The van der Waals surface area contributed by atoms with E-state index in [2.05, 4.69) is 15.6 Å². The summed E-state index contributed by atoms with van der Waals surface area (Å²) in [5.74, 6) is 0.572. The number of carbonyl (C=O) groups is 1. The summed E-state index contributed by atoms with van der Waals surface area (Å²) in [6.07, 6.45) is 2.96. The van der Waals surface area contributed by atoms with E-state index in [1.165, 1.54) is 4.40 Å². The van der Waals surface area contributed by atoms with Crippen molar-refractivity contribution in [3.05, 3.63) is 105 Å². The van der Waals surface area contributed by atoms with Crippen LogP contribution in [0.15, 0.2) is 77.9 Å². The van der Waals surface area contributed by atoms with E-state index >= 15 is 0 Å². The Morgan fingerprint density at radius 3 is 2.34 bits per heavy atom. The van der Waals surface area contributed by atoms with Crippen molar-refractivity contribution >= 4 is 34.8 Å². The predicted octanol–water partition coefficient (Wildman–Crippen LogP) is 4.31. The first-order valence-electron chi connectivity index (χ1n) is 16.4. The summed E-state index contributed by atoms with van der Waals surface area (Å²) in [4.78, 5) is 35.9. The maximum absolute atomic E-state index is 13.3. The molecule has 0 radical (unpaired) electrons. The maximum Gasteiger partial charge on any atom is 0.262 e. The summed E-state index contributed by atoms with van der Waals surface area (Å²) >= 11 is 14.2. The molecule has 3 atom stereocenters. The van der Waals surface area contributed by atoms with Gasteiger partial charge in [0.25, 0.3) is 5.56 Å². The number of carbonyl (C=O) groups excluding carboxylic acids is 1. The number of hydrogen-bond acceptors (Lipinski definition) is 9. The molecule has 5 aromatic rings. The predicted molar refractivity (Wildman–Crippen MR) is 192 cm³/mol. The first-order valence-corrected chi connectivity index (χ1v) is 17.2. The second kappa shape index (κ2) is 14.5. The van der Waals surface area contributed by atoms with Gasteiger partial charge in [0.15, 0.2) is 0 Å². The highest BCUT2D eigenvalue weighted by Gasteiger charge is 2.30. The molecule has 2 aliphatic heterocycles. The zero-order valence-corrected chi connectivity index (χ0v) is 28.8. The van der Waals surface area contributed by atoms with Gasteiger partial charge in [-0.1, -0.05) is 65.7 Å². The summed E-state index contributed by atoms with van der Waals surface area (Å²) in [7, 11) is 1.58. The second-order valence-corrected chi connectivity index (χ2v) is 13.5. The number of rotatable bonds is 10. The fraction of sp³-hybridized carbons (Fsp3) is 0.297. The van der Waals surface area contributed by atoms with Gasteiger partial charge in [0, 0.05) is 85.4 Å². The van der Waals surface area contributed by atoms with E-state index in [0.29, 0.717) is 65.4 Å². The van der Waals surface area contributed by atoms with E-state index in [1.54, 1.807) is 19.5 Å². The number of hydrogen-bond donors (Lipinski definition) is 4. The Hall–Kier alpha value is -4.36. The van der Waals surface area contributed by atoms with Crippen LogP contribution in [0.4, 0.5) is 0 Å². The number of halogens is 2. The van der Waals surface area contributed by atoms with Crippen molar-refractivity contribution < 1.29 is 19.7 Å². The number of likely N-dealkylation sites (tertiary alicyclic amines) is 1. The smallest absolute Gasteiger partial charge is 0.262 e. The molecule has 13 heteroatoms. The lowest BCUT2D eigenvalue weighted by Gasteiger charge is -2.16. The number of β-amino-alcohol motifs (C(OH)–C–C–N with tert-alkyl or cyclic N) is 2. The molecule has 3 aromatic heterocycles. The number of aliphatic hydroxyl groups is 2. The van der Waals surface area contributed by atoms with E-state index in [4.69, 9.17) is 32.9 Å². The Balaban J connectivity index is 1.13. The van der Waals surface area contributed by atoms with Crippen LogP contribution in [-0.2, 0) is 17.9 Å². The number of ether oxygens (including phenoxy) is 1. The van der Waals surface area contributed by atoms with E-state index in [9.17, 15) is 19.8 Å². The SMILES string of the molecule is COc1nc(-c2cccc(-c3cccc(-c4ccn5c(=O)c(CN6C[C@H](O)[C@@H](O)C6)cnc5c4)c3Cl)c2Cl)ccc1CNC[C@@H]1CCC(=O)N1. The van der Waals surface area contributed by atoms with Crippen molar-refractivity contribution in [2.45, 2.75) is 44.2 Å². The number of fused-ring (bicyclic) bond motifs is 1. The fourth-order valence-electron chi connectivity index (χ4n) is 6.65. The molecule has 4 N–H and O–H groups in total. The van der Waals surface area contributed by atoms with Gasteiger partial charge in [-0.2, -0.15) is 0 Å². The van der Waals surface area contributed by atoms with Crippen LogP contribution in [0, 0.1) is 0 Å². The van der Waals surface area contributed by atoms with Crippen LogP contribution in [0.3, 0.4) is 0 Å². The third-order valence-corrected chi connectivity index (χ3v) is 10.1. The van der Waals surface area contributed by atoms with Crippen LogP contribution in [0.25, 0.3) is 39.2 Å². The quantitative estimate of drug-likeness (QED) is 0.167. The van der Waals surface area contributed by atoms with Crippen molar-refractivity contribution in [1.82, 2.24) is 29.9 Å². The minimum absolute atomic E-state index is 0.0887. The van der Waals surface area contributed by atoms with Crippen molar-refractivity contribution in [2.75, 3.05) is 26.7 Å². The summed E-state index contributed by atoms with van der Waals surface area (Å²) in [5, 5.41) is 27.1. The van der Waals surface area contributed by atoms with Crippen molar-refractivity contribution in [3.8, 4) is 39.4 Å². The summed E-state index contributed by atoms with van der Waals surface area (Å²) in [6.45, 7) is 2.07. The number of pyridine rings is 2. The second-order valence-electron chi connectivity index (χ2n) is 12.7. The number of methoxy groups -OCH3 is 1. The molecule has 2 fully saturated rings. The molecule has 0 unspecified atom stereocenters. The Labute approximate surface area is 298 Å². The minimum atomic E-state index is -0.828. The summed E-state index contributed by atoms with van der Waals surface area (Å²) in [6, 6.07) is 19.1. The minimum Gasteiger partial charge on any atom is -0.481 e. The van der Waals surface area contributed by atoms with Gasteiger partial charge in [0.1, 0.15) is 5.65 Å². The van der Waals surface area contributed by atoms with Crippen molar-refractivity contribution in [2.24, 2.45) is 0 Å². The van der Waals surface area contributed by atoms with Gasteiger partial charge in [0.05, 0.1) is 40.6 Å². The maximum atomic E-state index is 13.3. The molecule has 2 aromatic carbocycles. The third kappa shape index (κ3) is 6.85. The number of aliphatic hydroxyl groups excluding tert-OH is 2. The molecule has 0 spiro atoms. The van der Waals surface area contributed by atoms with E-state index in [0.717, 1.165) is 39.8 Å². The van der Waals surface area contributed by atoms with Crippen LogP contribution >= 0.6 is 23.2 Å². The van der Waals surface area contributed by atoms with Gasteiger partial charge in [-0.05, 0) is 30.2 Å². The van der Waals surface area contributed by atoms with Crippen LogP contribution in [-0.4, -0.2) is 80.4 Å². The van der Waals surface area contributed by atoms with Crippen molar-refractivity contribution in [1.29, 1.82) is 0 Å². The van der Waals surface area contributed by atoms with Gasteiger partial charge in [-0.25, -0.2) is 9.97 Å². The van der Waals surface area contributed by atoms with Gasteiger partial charge in [0.2, 0.25) is 11.8 Å². The van der Waals surface area contributed by atoms with Crippen LogP contribution in [0.5, 0.6) is 5.88 Å². The molecule has 258 valence electrons. The van der Waals surface area contributed by atoms with E-state index < -0.39 is 12.2 Å².